The van der Waals surface area contributed by atoms with E-state index >= 15 is 0 Å². The van der Waals surface area contributed by atoms with E-state index in [1.807, 2.05) is 29.9 Å². The van der Waals surface area contributed by atoms with Gasteiger partial charge in [-0.05, 0) is 50.8 Å². The summed E-state index contributed by atoms with van der Waals surface area (Å²) in [5.74, 6) is 0.834. The predicted octanol–water partition coefficient (Wildman–Crippen LogP) is 3.02. The van der Waals surface area contributed by atoms with Gasteiger partial charge in [0.15, 0.2) is 5.78 Å². The first-order valence-corrected chi connectivity index (χ1v) is 8.28. The van der Waals surface area contributed by atoms with Crippen molar-refractivity contribution in [1.82, 2.24) is 14.5 Å². The van der Waals surface area contributed by atoms with Crippen LogP contribution in [0.3, 0.4) is 0 Å². The molecule has 4 heteroatoms. The summed E-state index contributed by atoms with van der Waals surface area (Å²) < 4.78 is 1.96. The Morgan fingerprint density at radius 1 is 1.27 bits per heavy atom. The number of piperidine rings is 1. The van der Waals surface area contributed by atoms with E-state index in [0.29, 0.717) is 24.4 Å². The third-order valence-electron chi connectivity index (χ3n) is 5.70. The molecule has 0 amide bonds. The molecule has 1 unspecified atom stereocenters. The monoisotopic (exact) mass is 297 g/mol. The second-order valence-corrected chi connectivity index (χ2v) is 7.04. The SMILES string of the molecule is CN1[C@@H]2CC[C@H]1CC(CC(=O)c1cn(C)c3ncccc13)C2. The van der Waals surface area contributed by atoms with Crippen molar-refractivity contribution in [3.05, 3.63) is 30.1 Å². The van der Waals surface area contributed by atoms with Crippen LogP contribution in [0.5, 0.6) is 0 Å². The van der Waals surface area contributed by atoms with Crippen molar-refractivity contribution in [3.8, 4) is 0 Å². The van der Waals surface area contributed by atoms with Crippen molar-refractivity contribution in [2.75, 3.05) is 7.05 Å². The molecule has 22 heavy (non-hydrogen) atoms. The Morgan fingerprint density at radius 2 is 2.00 bits per heavy atom. The average molecular weight is 297 g/mol. The second-order valence-electron chi connectivity index (χ2n) is 7.04. The van der Waals surface area contributed by atoms with Crippen LogP contribution in [-0.4, -0.2) is 39.4 Å². The van der Waals surface area contributed by atoms with E-state index in [2.05, 4.69) is 16.9 Å². The first-order chi connectivity index (χ1) is 10.6. The summed E-state index contributed by atoms with van der Waals surface area (Å²) in [5, 5.41) is 0.992. The Morgan fingerprint density at radius 3 is 2.73 bits per heavy atom. The van der Waals surface area contributed by atoms with Crippen LogP contribution in [0.15, 0.2) is 24.5 Å². The van der Waals surface area contributed by atoms with Crippen molar-refractivity contribution in [2.24, 2.45) is 13.0 Å². The van der Waals surface area contributed by atoms with E-state index in [4.69, 9.17) is 0 Å². The topological polar surface area (TPSA) is 38.1 Å². The Balaban J connectivity index is 1.55. The molecular formula is C18H23N3O. The van der Waals surface area contributed by atoms with Crippen molar-refractivity contribution in [3.63, 3.8) is 0 Å². The molecule has 0 spiro atoms. The van der Waals surface area contributed by atoms with Crippen molar-refractivity contribution < 1.29 is 4.79 Å². The lowest BCUT2D eigenvalue weighted by atomic mass is 9.86. The summed E-state index contributed by atoms with van der Waals surface area (Å²) in [6.45, 7) is 0. The Labute approximate surface area is 131 Å². The highest BCUT2D eigenvalue weighted by molar-refractivity contribution is 6.07. The number of pyridine rings is 1. The molecule has 3 atom stereocenters. The number of aromatic nitrogens is 2. The summed E-state index contributed by atoms with van der Waals surface area (Å²) in [6.07, 6.45) is 9.40. The molecule has 116 valence electrons. The van der Waals surface area contributed by atoms with Gasteiger partial charge in [0, 0.05) is 48.9 Å². The van der Waals surface area contributed by atoms with Crippen LogP contribution in [-0.2, 0) is 7.05 Å². The number of nitrogens with zero attached hydrogens (tertiary/aromatic N) is 3. The fourth-order valence-corrected chi connectivity index (χ4v) is 4.50. The summed E-state index contributed by atoms with van der Waals surface area (Å²) in [5.41, 5.74) is 1.74. The number of carbonyl (C=O) groups excluding carboxylic acids is 1. The van der Waals surface area contributed by atoms with E-state index < -0.39 is 0 Å². The third kappa shape index (κ3) is 2.17. The Hall–Kier alpha value is -1.68. The minimum absolute atomic E-state index is 0.285. The molecule has 0 aliphatic carbocycles. The maximum atomic E-state index is 12.8. The Kier molecular flexibility index (Phi) is 3.30. The molecule has 0 saturated carbocycles. The van der Waals surface area contributed by atoms with Gasteiger partial charge < -0.3 is 9.47 Å². The second kappa shape index (κ2) is 5.20. The van der Waals surface area contributed by atoms with Crippen molar-refractivity contribution >= 4 is 16.8 Å². The maximum absolute atomic E-state index is 12.8. The van der Waals surface area contributed by atoms with Gasteiger partial charge in [-0.1, -0.05) is 0 Å². The molecule has 2 aromatic rings. The summed E-state index contributed by atoms with van der Waals surface area (Å²) in [6, 6.07) is 5.32. The van der Waals surface area contributed by atoms with E-state index in [-0.39, 0.29) is 5.78 Å². The highest BCUT2D eigenvalue weighted by Gasteiger charge is 2.39. The van der Waals surface area contributed by atoms with Gasteiger partial charge in [0.25, 0.3) is 0 Å². The number of ketones is 1. The smallest absolute Gasteiger partial charge is 0.165 e. The normalized spacial score (nSPS) is 28.4. The number of fused-ring (bicyclic) bond motifs is 3. The standard InChI is InChI=1S/C18H23N3O/c1-20-11-16(15-4-3-7-19-18(15)20)17(22)10-12-8-13-5-6-14(9-12)21(13)2/h3-4,7,11-14H,5-6,8-10H2,1-2H3/t12?,13-,14+. The van der Waals surface area contributed by atoms with E-state index in [1.165, 1.54) is 25.7 Å². The van der Waals surface area contributed by atoms with Gasteiger partial charge in [0.2, 0.25) is 0 Å². The minimum atomic E-state index is 0.285. The number of hydrogen-bond donors (Lipinski definition) is 0. The Bertz CT molecular complexity index is 706. The quantitative estimate of drug-likeness (QED) is 0.817. The van der Waals surface area contributed by atoms with Gasteiger partial charge in [-0.2, -0.15) is 0 Å². The summed E-state index contributed by atoms with van der Waals surface area (Å²) >= 11 is 0. The van der Waals surface area contributed by atoms with Gasteiger partial charge in [0.1, 0.15) is 5.65 Å². The molecule has 0 N–H and O–H groups in total. The van der Waals surface area contributed by atoms with Gasteiger partial charge in [-0.3, -0.25) is 4.79 Å². The number of hydrogen-bond acceptors (Lipinski definition) is 3. The van der Waals surface area contributed by atoms with Crippen LogP contribution >= 0.6 is 0 Å². The van der Waals surface area contributed by atoms with E-state index in [0.717, 1.165) is 16.6 Å². The molecule has 4 nitrogen and oxygen atoms in total. The first kappa shape index (κ1) is 13.9. The summed E-state index contributed by atoms with van der Waals surface area (Å²) in [7, 11) is 4.21. The molecule has 2 aliphatic heterocycles. The molecule has 0 aromatic carbocycles. The number of rotatable bonds is 3. The molecule has 2 aromatic heterocycles. The molecule has 4 rings (SSSR count). The van der Waals surface area contributed by atoms with Gasteiger partial charge in [0.05, 0.1) is 0 Å². The number of carbonyl (C=O) groups is 1. The lowest BCUT2D eigenvalue weighted by molar-refractivity contribution is 0.0884. The molecule has 2 saturated heterocycles. The average Bonchev–Trinajstić information content (AvgIpc) is 2.93. The van der Waals surface area contributed by atoms with E-state index in [1.54, 1.807) is 6.20 Å². The third-order valence-corrected chi connectivity index (χ3v) is 5.70. The molecule has 2 fully saturated rings. The molecule has 0 radical (unpaired) electrons. The van der Waals surface area contributed by atoms with E-state index in [9.17, 15) is 4.79 Å². The minimum Gasteiger partial charge on any atom is -0.335 e. The molecule has 2 aliphatic rings. The molecule has 2 bridgehead atoms. The van der Waals surface area contributed by atoms with Crippen LogP contribution in [0.1, 0.15) is 42.5 Å². The predicted molar refractivity (Wildman–Crippen MR) is 87.0 cm³/mol. The van der Waals surface area contributed by atoms with Crippen molar-refractivity contribution in [1.29, 1.82) is 0 Å². The van der Waals surface area contributed by atoms with Gasteiger partial charge in [-0.15, -0.1) is 0 Å². The molecular weight excluding hydrogens is 274 g/mol. The number of Topliss-reactive ketones (excluding diaryl/α,β-unsaturated/α-hetero) is 1. The van der Waals surface area contributed by atoms with Crippen LogP contribution in [0, 0.1) is 5.92 Å². The van der Waals surface area contributed by atoms with Gasteiger partial charge in [-0.25, -0.2) is 4.98 Å². The number of aryl methyl sites for hydroxylation is 1. The highest BCUT2D eigenvalue weighted by Crippen LogP contribution is 2.39. The largest absolute Gasteiger partial charge is 0.335 e. The lowest BCUT2D eigenvalue weighted by Crippen LogP contribution is -2.40. The van der Waals surface area contributed by atoms with Crippen LogP contribution in [0.4, 0.5) is 0 Å². The fourth-order valence-electron chi connectivity index (χ4n) is 4.50. The van der Waals surface area contributed by atoms with Crippen LogP contribution in [0.25, 0.3) is 11.0 Å². The lowest BCUT2D eigenvalue weighted by Gasteiger charge is -2.36. The zero-order chi connectivity index (χ0) is 15.3. The zero-order valence-corrected chi connectivity index (χ0v) is 13.3. The first-order valence-electron chi connectivity index (χ1n) is 8.28. The summed E-state index contributed by atoms with van der Waals surface area (Å²) in [4.78, 5) is 19.7. The van der Waals surface area contributed by atoms with Crippen LogP contribution < -0.4 is 0 Å². The highest BCUT2D eigenvalue weighted by atomic mass is 16.1. The van der Waals surface area contributed by atoms with Gasteiger partial charge >= 0.3 is 0 Å². The van der Waals surface area contributed by atoms with Crippen LogP contribution in [0.2, 0.25) is 0 Å². The zero-order valence-electron chi connectivity index (χ0n) is 13.3. The maximum Gasteiger partial charge on any atom is 0.165 e. The fraction of sp³-hybridized carbons (Fsp3) is 0.556. The molecule has 4 heterocycles. The van der Waals surface area contributed by atoms with Crippen molar-refractivity contribution in [2.45, 2.75) is 44.2 Å².